The minimum Gasteiger partial charge on any atom is -0.371 e. The highest BCUT2D eigenvalue weighted by Gasteiger charge is 2.28. The summed E-state index contributed by atoms with van der Waals surface area (Å²) >= 11 is 1.33. The topological polar surface area (TPSA) is 82.6 Å². The van der Waals surface area contributed by atoms with E-state index in [1.807, 2.05) is 0 Å². The number of rotatable bonds is 5. The maximum absolute atomic E-state index is 13.1. The Morgan fingerprint density at radius 1 is 1.04 bits per heavy atom. The van der Waals surface area contributed by atoms with Crippen molar-refractivity contribution >= 4 is 38.1 Å². The minimum atomic E-state index is -3.60. The molecule has 0 atom stereocenters. The second-order valence-electron chi connectivity index (χ2n) is 7.13. The molecule has 3 heterocycles. The minimum absolute atomic E-state index is 0.182. The zero-order valence-electron chi connectivity index (χ0n) is 15.6. The normalized spacial score (nSPS) is 18.4. The molecule has 0 spiro atoms. The summed E-state index contributed by atoms with van der Waals surface area (Å²) in [6.45, 7) is 2.82. The van der Waals surface area contributed by atoms with E-state index < -0.39 is 10.0 Å². The molecule has 1 aromatic carbocycles. The summed E-state index contributed by atoms with van der Waals surface area (Å²) in [6.07, 6.45) is 6.58. The molecule has 2 saturated heterocycles. The zero-order chi connectivity index (χ0) is 19.6. The number of benzene rings is 1. The molecule has 0 aliphatic carbocycles. The van der Waals surface area contributed by atoms with Crippen LogP contribution in [0.25, 0.3) is 0 Å². The third kappa shape index (κ3) is 3.92. The molecule has 9 heteroatoms. The number of amides is 1. The second-order valence-corrected chi connectivity index (χ2v) is 9.96. The highest BCUT2D eigenvalue weighted by Crippen LogP contribution is 2.30. The van der Waals surface area contributed by atoms with Crippen LogP contribution in [-0.4, -0.2) is 49.8 Å². The first-order chi connectivity index (χ1) is 13.6. The number of hydrogen-bond acceptors (Lipinski definition) is 6. The number of carbonyl (C=O) groups excluding carboxylic acids is 1. The van der Waals surface area contributed by atoms with E-state index in [4.69, 9.17) is 0 Å². The molecule has 1 aromatic heterocycles. The van der Waals surface area contributed by atoms with Crippen LogP contribution in [0.4, 0.5) is 10.8 Å². The Hall–Kier alpha value is -1.97. The monoisotopic (exact) mass is 420 g/mol. The van der Waals surface area contributed by atoms with Gasteiger partial charge in [-0.1, -0.05) is 6.42 Å². The van der Waals surface area contributed by atoms with Crippen LogP contribution in [0.2, 0.25) is 0 Å². The number of anilines is 2. The molecule has 2 fully saturated rings. The Morgan fingerprint density at radius 2 is 1.75 bits per heavy atom. The third-order valence-electron chi connectivity index (χ3n) is 5.26. The van der Waals surface area contributed by atoms with Gasteiger partial charge in [-0.15, -0.1) is 11.3 Å². The summed E-state index contributed by atoms with van der Waals surface area (Å²) in [5, 5.41) is 5.08. The van der Waals surface area contributed by atoms with Gasteiger partial charge in [0.2, 0.25) is 10.0 Å². The first kappa shape index (κ1) is 19.4. The van der Waals surface area contributed by atoms with Crippen LogP contribution in [0.3, 0.4) is 0 Å². The van der Waals surface area contributed by atoms with Crippen molar-refractivity contribution in [2.75, 3.05) is 36.4 Å². The van der Waals surface area contributed by atoms with Crippen LogP contribution in [-0.2, 0) is 10.0 Å². The fraction of sp³-hybridized carbons (Fsp3) is 0.474. The highest BCUT2D eigenvalue weighted by atomic mass is 32.2. The van der Waals surface area contributed by atoms with E-state index in [0.717, 1.165) is 50.9 Å². The Balaban J connectivity index is 1.70. The van der Waals surface area contributed by atoms with Crippen LogP contribution in [0.15, 0.2) is 34.7 Å². The van der Waals surface area contributed by atoms with Gasteiger partial charge in [-0.25, -0.2) is 13.4 Å². The van der Waals surface area contributed by atoms with Crippen molar-refractivity contribution in [2.45, 2.75) is 37.0 Å². The van der Waals surface area contributed by atoms with E-state index in [-0.39, 0.29) is 10.8 Å². The van der Waals surface area contributed by atoms with E-state index in [1.165, 1.54) is 21.7 Å². The van der Waals surface area contributed by atoms with Gasteiger partial charge in [0.1, 0.15) is 0 Å². The molecule has 4 rings (SSSR count). The van der Waals surface area contributed by atoms with Crippen LogP contribution >= 0.6 is 11.3 Å². The van der Waals surface area contributed by atoms with E-state index in [9.17, 15) is 13.2 Å². The molecule has 150 valence electrons. The van der Waals surface area contributed by atoms with E-state index in [0.29, 0.717) is 23.8 Å². The number of nitrogens with one attached hydrogen (secondary N) is 1. The number of hydrogen-bond donors (Lipinski definition) is 1. The maximum atomic E-state index is 13.1. The Morgan fingerprint density at radius 3 is 2.43 bits per heavy atom. The predicted molar refractivity (Wildman–Crippen MR) is 111 cm³/mol. The molecule has 0 saturated carbocycles. The molecular formula is C19H24N4O3S2. The van der Waals surface area contributed by atoms with Gasteiger partial charge in [0.05, 0.1) is 10.5 Å². The van der Waals surface area contributed by atoms with Crippen molar-refractivity contribution in [1.29, 1.82) is 0 Å². The lowest BCUT2D eigenvalue weighted by molar-refractivity contribution is 0.102. The fourth-order valence-corrected chi connectivity index (χ4v) is 5.86. The van der Waals surface area contributed by atoms with Gasteiger partial charge in [-0.3, -0.25) is 10.1 Å². The van der Waals surface area contributed by atoms with Crippen molar-refractivity contribution in [3.8, 4) is 0 Å². The SMILES string of the molecule is O=C(Nc1nccs1)c1cc(S(=O)(=O)N2CCCCC2)ccc1N1CCCC1. The van der Waals surface area contributed by atoms with Crippen molar-refractivity contribution in [3.05, 3.63) is 35.3 Å². The lowest BCUT2D eigenvalue weighted by Gasteiger charge is -2.27. The number of sulfonamides is 1. The third-order valence-corrected chi connectivity index (χ3v) is 7.85. The fourth-order valence-electron chi connectivity index (χ4n) is 3.80. The average molecular weight is 421 g/mol. The first-order valence-corrected chi connectivity index (χ1v) is 12.0. The molecule has 2 aliphatic rings. The molecule has 1 N–H and O–H groups in total. The van der Waals surface area contributed by atoms with Crippen molar-refractivity contribution in [2.24, 2.45) is 0 Å². The van der Waals surface area contributed by atoms with Crippen LogP contribution in [0, 0.1) is 0 Å². The molecule has 28 heavy (non-hydrogen) atoms. The summed E-state index contributed by atoms with van der Waals surface area (Å²) < 4.78 is 27.7. The lowest BCUT2D eigenvalue weighted by Crippen LogP contribution is -2.35. The second kappa shape index (κ2) is 8.18. The van der Waals surface area contributed by atoms with Gasteiger partial charge in [0.15, 0.2) is 5.13 Å². The summed E-state index contributed by atoms with van der Waals surface area (Å²) in [6, 6.07) is 4.94. The smallest absolute Gasteiger partial charge is 0.259 e. The van der Waals surface area contributed by atoms with E-state index in [1.54, 1.807) is 23.7 Å². The van der Waals surface area contributed by atoms with Gasteiger partial charge in [0.25, 0.3) is 5.91 Å². The Kier molecular flexibility index (Phi) is 5.65. The number of carbonyl (C=O) groups is 1. The lowest BCUT2D eigenvalue weighted by atomic mass is 10.1. The molecule has 2 aromatic rings. The maximum Gasteiger partial charge on any atom is 0.259 e. The van der Waals surface area contributed by atoms with Crippen molar-refractivity contribution < 1.29 is 13.2 Å². The summed E-state index contributed by atoms with van der Waals surface area (Å²) in [5.74, 6) is -0.326. The molecular weight excluding hydrogens is 396 g/mol. The molecule has 0 bridgehead atoms. The standard InChI is InChI=1S/C19H24N4O3S2/c24-18(21-19-20-8-13-27-19)16-14-15(6-7-17(16)22-9-4-5-10-22)28(25,26)23-11-2-1-3-12-23/h6-8,13-14H,1-5,9-12H2,(H,20,21,24). The number of aromatic nitrogens is 1. The van der Waals surface area contributed by atoms with Gasteiger partial charge in [-0.2, -0.15) is 4.31 Å². The van der Waals surface area contributed by atoms with Gasteiger partial charge >= 0.3 is 0 Å². The van der Waals surface area contributed by atoms with Crippen LogP contribution < -0.4 is 10.2 Å². The largest absolute Gasteiger partial charge is 0.371 e. The van der Waals surface area contributed by atoms with E-state index >= 15 is 0 Å². The number of piperidine rings is 1. The quantitative estimate of drug-likeness (QED) is 0.803. The summed E-state index contributed by atoms with van der Waals surface area (Å²) in [5.41, 5.74) is 1.17. The molecule has 0 unspecified atom stereocenters. The zero-order valence-corrected chi connectivity index (χ0v) is 17.3. The first-order valence-electron chi connectivity index (χ1n) is 9.66. The van der Waals surface area contributed by atoms with Gasteiger partial charge in [0, 0.05) is 43.4 Å². The number of thiazole rings is 1. The molecule has 1 amide bonds. The Bertz CT molecular complexity index is 932. The van der Waals surface area contributed by atoms with Crippen molar-refractivity contribution in [3.63, 3.8) is 0 Å². The summed E-state index contributed by atoms with van der Waals surface area (Å²) in [4.78, 5) is 19.4. The van der Waals surface area contributed by atoms with Gasteiger partial charge < -0.3 is 4.90 Å². The summed E-state index contributed by atoms with van der Waals surface area (Å²) in [7, 11) is -3.60. The highest BCUT2D eigenvalue weighted by molar-refractivity contribution is 7.89. The molecule has 7 nitrogen and oxygen atoms in total. The number of nitrogens with zero attached hydrogens (tertiary/aromatic N) is 3. The molecule has 0 radical (unpaired) electrons. The van der Waals surface area contributed by atoms with Crippen LogP contribution in [0.1, 0.15) is 42.5 Å². The van der Waals surface area contributed by atoms with Crippen LogP contribution in [0.5, 0.6) is 0 Å². The molecule has 2 aliphatic heterocycles. The van der Waals surface area contributed by atoms with E-state index in [2.05, 4.69) is 15.2 Å². The van der Waals surface area contributed by atoms with Crippen molar-refractivity contribution in [1.82, 2.24) is 9.29 Å². The average Bonchev–Trinajstić information content (AvgIpc) is 3.42. The Labute approximate surface area is 169 Å². The predicted octanol–water partition coefficient (Wildman–Crippen LogP) is 3.17. The van der Waals surface area contributed by atoms with Gasteiger partial charge in [-0.05, 0) is 43.9 Å².